The summed E-state index contributed by atoms with van der Waals surface area (Å²) in [5.41, 5.74) is 5.04. The number of carbonyl (C=O) groups excluding carboxylic acids is 1. The third-order valence-corrected chi connectivity index (χ3v) is 5.70. The van der Waals surface area contributed by atoms with Crippen LogP contribution in [0.25, 0.3) is 33.3 Å². The Morgan fingerprint density at radius 2 is 1.97 bits per heavy atom. The highest BCUT2D eigenvalue weighted by molar-refractivity contribution is 5.95. The van der Waals surface area contributed by atoms with Crippen molar-refractivity contribution in [3.63, 3.8) is 0 Å². The van der Waals surface area contributed by atoms with Crippen molar-refractivity contribution in [3.05, 3.63) is 78.9 Å². The normalized spacial score (nSPS) is 11.3. The number of rotatable bonds is 9. The van der Waals surface area contributed by atoms with E-state index in [1.54, 1.807) is 35.5 Å². The SMILES string of the molecule is CCCOCCNC(=O)n1cc(-c2cnc3[nH]cc(-c4cnn(Cc5cccc(F)c5)c4)c3c2)cn1. The molecule has 4 aromatic heterocycles. The third kappa shape index (κ3) is 5.18. The van der Waals surface area contributed by atoms with Crippen LogP contribution in [0.2, 0.25) is 0 Å². The smallest absolute Gasteiger partial charge is 0.342 e. The van der Waals surface area contributed by atoms with E-state index >= 15 is 0 Å². The van der Waals surface area contributed by atoms with Crippen molar-refractivity contribution in [2.75, 3.05) is 19.8 Å². The van der Waals surface area contributed by atoms with Gasteiger partial charge in [-0.15, -0.1) is 0 Å². The molecule has 5 rings (SSSR count). The van der Waals surface area contributed by atoms with Gasteiger partial charge in [0.05, 0.1) is 25.5 Å². The predicted molar refractivity (Wildman–Crippen MR) is 134 cm³/mol. The number of aromatic nitrogens is 6. The standard InChI is InChI=1S/C26H26FN7O2/c1-2-7-36-8-6-28-26(35)34-17-20(12-32-34)19-10-23-24(14-30-25(23)29-11-19)21-13-31-33(16-21)15-18-4-3-5-22(27)9-18/h3-5,9-14,16-17H,2,6-8,15H2,1H3,(H,28,35)(H,29,30). The molecule has 5 aromatic rings. The Morgan fingerprint density at radius 1 is 1.08 bits per heavy atom. The van der Waals surface area contributed by atoms with Gasteiger partial charge in [0, 0.05) is 65.6 Å². The molecule has 0 saturated heterocycles. The van der Waals surface area contributed by atoms with Crippen LogP contribution in [0.1, 0.15) is 18.9 Å². The molecular weight excluding hydrogens is 461 g/mol. The lowest BCUT2D eigenvalue weighted by Crippen LogP contribution is -2.31. The summed E-state index contributed by atoms with van der Waals surface area (Å²) in [6.07, 6.45) is 11.6. The van der Waals surface area contributed by atoms with Crippen molar-refractivity contribution >= 4 is 17.1 Å². The average molecular weight is 488 g/mol. The Kier molecular flexibility index (Phi) is 6.85. The number of aromatic amines is 1. The highest BCUT2D eigenvalue weighted by Crippen LogP contribution is 2.30. The minimum atomic E-state index is -0.316. The van der Waals surface area contributed by atoms with E-state index in [1.807, 2.05) is 31.5 Å². The first-order valence-electron chi connectivity index (χ1n) is 11.8. The molecular formula is C26H26FN7O2. The largest absolute Gasteiger partial charge is 0.380 e. The second kappa shape index (κ2) is 10.5. The molecule has 9 nitrogen and oxygen atoms in total. The summed E-state index contributed by atoms with van der Waals surface area (Å²) < 4.78 is 21.9. The number of fused-ring (bicyclic) bond motifs is 1. The number of H-pyrrole nitrogens is 1. The van der Waals surface area contributed by atoms with E-state index in [9.17, 15) is 9.18 Å². The fourth-order valence-corrected chi connectivity index (χ4v) is 3.95. The zero-order valence-electron chi connectivity index (χ0n) is 19.8. The van der Waals surface area contributed by atoms with Gasteiger partial charge >= 0.3 is 6.03 Å². The van der Waals surface area contributed by atoms with Crippen LogP contribution >= 0.6 is 0 Å². The molecule has 0 aliphatic rings. The molecule has 1 amide bonds. The number of carbonyl (C=O) groups is 1. The molecule has 0 fully saturated rings. The minimum absolute atomic E-state index is 0.267. The quantitative estimate of drug-likeness (QED) is 0.299. The monoisotopic (exact) mass is 487 g/mol. The number of nitrogens with zero attached hydrogens (tertiary/aromatic N) is 5. The van der Waals surface area contributed by atoms with E-state index < -0.39 is 0 Å². The lowest BCUT2D eigenvalue weighted by atomic mass is 10.1. The Labute approximate surface area is 206 Å². The van der Waals surface area contributed by atoms with Gasteiger partial charge in [-0.05, 0) is 30.2 Å². The van der Waals surface area contributed by atoms with E-state index in [4.69, 9.17) is 4.74 Å². The Morgan fingerprint density at radius 3 is 2.83 bits per heavy atom. The molecule has 0 radical (unpaired) electrons. The first-order chi connectivity index (χ1) is 17.6. The topological polar surface area (TPSA) is 103 Å². The maximum absolute atomic E-state index is 13.5. The van der Waals surface area contributed by atoms with Crippen LogP contribution in [0.3, 0.4) is 0 Å². The zero-order chi connectivity index (χ0) is 24.9. The van der Waals surface area contributed by atoms with E-state index in [2.05, 4.69) is 25.5 Å². The molecule has 0 saturated carbocycles. The summed E-state index contributed by atoms with van der Waals surface area (Å²) in [4.78, 5) is 20.1. The average Bonchev–Trinajstić information content (AvgIpc) is 3.63. The molecule has 0 aliphatic carbocycles. The Hall–Kier alpha value is -4.31. The van der Waals surface area contributed by atoms with Gasteiger partial charge in [-0.2, -0.15) is 14.9 Å². The van der Waals surface area contributed by atoms with E-state index in [-0.39, 0.29) is 11.8 Å². The number of nitrogens with one attached hydrogen (secondary N) is 2. The summed E-state index contributed by atoms with van der Waals surface area (Å²) in [7, 11) is 0. The minimum Gasteiger partial charge on any atom is -0.380 e. The number of pyridine rings is 1. The maximum Gasteiger partial charge on any atom is 0.342 e. The Balaban J connectivity index is 1.33. The first kappa shape index (κ1) is 23.4. The molecule has 2 N–H and O–H groups in total. The summed E-state index contributed by atoms with van der Waals surface area (Å²) >= 11 is 0. The Bertz CT molecular complexity index is 1490. The number of benzene rings is 1. The van der Waals surface area contributed by atoms with E-state index in [0.717, 1.165) is 45.3 Å². The van der Waals surface area contributed by atoms with Crippen LogP contribution in [0, 0.1) is 5.82 Å². The second-order valence-electron chi connectivity index (χ2n) is 8.40. The van der Waals surface area contributed by atoms with Gasteiger partial charge in [0.2, 0.25) is 0 Å². The van der Waals surface area contributed by atoms with Crippen LogP contribution < -0.4 is 5.32 Å². The van der Waals surface area contributed by atoms with Gasteiger partial charge in [0.25, 0.3) is 0 Å². The summed E-state index contributed by atoms with van der Waals surface area (Å²) in [6.45, 7) is 4.06. The molecule has 0 atom stereocenters. The molecule has 1 aromatic carbocycles. The van der Waals surface area contributed by atoms with Crippen molar-refractivity contribution in [2.45, 2.75) is 19.9 Å². The van der Waals surface area contributed by atoms with Gasteiger partial charge in [-0.1, -0.05) is 19.1 Å². The van der Waals surface area contributed by atoms with Crippen molar-refractivity contribution in [2.24, 2.45) is 0 Å². The summed E-state index contributed by atoms with van der Waals surface area (Å²) in [5, 5.41) is 12.3. The zero-order valence-corrected chi connectivity index (χ0v) is 19.8. The first-order valence-corrected chi connectivity index (χ1v) is 11.8. The fourth-order valence-electron chi connectivity index (χ4n) is 3.95. The number of hydrogen-bond donors (Lipinski definition) is 2. The van der Waals surface area contributed by atoms with Crippen molar-refractivity contribution in [1.82, 2.24) is 34.8 Å². The summed E-state index contributed by atoms with van der Waals surface area (Å²) in [6, 6.07) is 8.18. The van der Waals surface area contributed by atoms with E-state index in [1.165, 1.54) is 16.8 Å². The van der Waals surface area contributed by atoms with Gasteiger partial charge in [0.15, 0.2) is 0 Å². The van der Waals surface area contributed by atoms with E-state index in [0.29, 0.717) is 26.3 Å². The van der Waals surface area contributed by atoms with Crippen molar-refractivity contribution in [1.29, 1.82) is 0 Å². The third-order valence-electron chi connectivity index (χ3n) is 5.70. The van der Waals surface area contributed by atoms with Crippen LogP contribution in [0.15, 0.2) is 67.5 Å². The summed E-state index contributed by atoms with van der Waals surface area (Å²) in [5.74, 6) is -0.267. The highest BCUT2D eigenvalue weighted by atomic mass is 19.1. The maximum atomic E-state index is 13.5. The predicted octanol–water partition coefficient (Wildman–Crippen LogP) is 4.46. The molecule has 4 heterocycles. The van der Waals surface area contributed by atoms with Crippen molar-refractivity contribution < 1.29 is 13.9 Å². The molecule has 0 bridgehead atoms. The van der Waals surface area contributed by atoms with Gasteiger partial charge in [0.1, 0.15) is 11.5 Å². The number of hydrogen-bond acceptors (Lipinski definition) is 5. The highest BCUT2D eigenvalue weighted by Gasteiger charge is 2.13. The molecule has 0 unspecified atom stereocenters. The number of ether oxygens (including phenoxy) is 1. The van der Waals surface area contributed by atoms with Crippen LogP contribution in [-0.4, -0.2) is 55.3 Å². The van der Waals surface area contributed by atoms with Gasteiger partial charge < -0.3 is 15.0 Å². The number of amides is 1. The van der Waals surface area contributed by atoms with Crippen LogP contribution in [0.4, 0.5) is 9.18 Å². The molecule has 10 heteroatoms. The van der Waals surface area contributed by atoms with Crippen molar-refractivity contribution in [3.8, 4) is 22.3 Å². The fraction of sp³-hybridized carbons (Fsp3) is 0.231. The van der Waals surface area contributed by atoms with Gasteiger partial charge in [-0.3, -0.25) is 4.68 Å². The lowest BCUT2D eigenvalue weighted by molar-refractivity contribution is 0.137. The lowest BCUT2D eigenvalue weighted by Gasteiger charge is -2.05. The molecule has 36 heavy (non-hydrogen) atoms. The number of halogens is 1. The molecule has 0 aliphatic heterocycles. The van der Waals surface area contributed by atoms with Crippen LogP contribution in [0.5, 0.6) is 0 Å². The second-order valence-corrected chi connectivity index (χ2v) is 8.40. The molecule has 0 spiro atoms. The van der Waals surface area contributed by atoms with Crippen LogP contribution in [-0.2, 0) is 11.3 Å². The van der Waals surface area contributed by atoms with Gasteiger partial charge in [-0.25, -0.2) is 14.2 Å². The molecule has 184 valence electrons.